The number of imidazole rings is 2. The highest BCUT2D eigenvalue weighted by Gasteiger charge is 2.14. The Morgan fingerprint density at radius 2 is 1.53 bits per heavy atom. The summed E-state index contributed by atoms with van der Waals surface area (Å²) in [5, 5.41) is 3.26. The first-order valence-corrected chi connectivity index (χ1v) is 10.8. The Balaban J connectivity index is 1.48. The Hall–Kier alpha value is -4.06. The van der Waals surface area contributed by atoms with E-state index in [0.29, 0.717) is 5.92 Å². The second-order valence-corrected chi connectivity index (χ2v) is 8.51. The van der Waals surface area contributed by atoms with E-state index in [4.69, 9.17) is 0 Å². The van der Waals surface area contributed by atoms with Crippen molar-refractivity contribution >= 4 is 32.7 Å². The SMILES string of the molecule is Cc1nc2c3ncncc3c3cc(-c4ccc(-c5cnc(C(C)C)[nH]5)cc4)ccc3c2[nH]1. The topological polar surface area (TPSA) is 83.1 Å². The molecule has 0 spiro atoms. The number of aryl methyl sites for hydroxylation is 1. The monoisotopic (exact) mass is 418 g/mol. The van der Waals surface area contributed by atoms with Crippen molar-refractivity contribution in [1.29, 1.82) is 0 Å². The lowest BCUT2D eigenvalue weighted by Gasteiger charge is -2.09. The molecule has 32 heavy (non-hydrogen) atoms. The van der Waals surface area contributed by atoms with Gasteiger partial charge in [-0.25, -0.2) is 19.9 Å². The molecule has 156 valence electrons. The van der Waals surface area contributed by atoms with Crippen LogP contribution in [-0.4, -0.2) is 29.9 Å². The highest BCUT2D eigenvalue weighted by Crippen LogP contribution is 2.35. The van der Waals surface area contributed by atoms with Gasteiger partial charge in [-0.15, -0.1) is 0 Å². The standard InChI is InChI=1S/C26H22N6/c1-14(2)26-28-12-22(32-26)17-6-4-16(5-7-17)18-8-9-19-20(10-18)21-11-27-13-29-23(21)25-24(19)30-15(3)31-25/h4-14H,1-3H3,(H,28,32)(H,30,31). The molecule has 6 heteroatoms. The van der Waals surface area contributed by atoms with Gasteiger partial charge >= 0.3 is 0 Å². The average Bonchev–Trinajstić information content (AvgIpc) is 3.46. The van der Waals surface area contributed by atoms with Gasteiger partial charge in [-0.2, -0.15) is 0 Å². The predicted octanol–water partition coefficient (Wildman–Crippen LogP) is 6.15. The third-order valence-electron chi connectivity index (χ3n) is 6.01. The number of rotatable bonds is 3. The summed E-state index contributed by atoms with van der Waals surface area (Å²) in [6.45, 7) is 6.25. The van der Waals surface area contributed by atoms with Crippen LogP contribution in [0, 0.1) is 6.92 Å². The molecule has 0 amide bonds. The van der Waals surface area contributed by atoms with Crippen molar-refractivity contribution in [1.82, 2.24) is 29.9 Å². The van der Waals surface area contributed by atoms with E-state index in [2.05, 4.69) is 86.2 Å². The summed E-state index contributed by atoms with van der Waals surface area (Å²) in [4.78, 5) is 24.8. The third-order valence-corrected chi connectivity index (χ3v) is 6.01. The van der Waals surface area contributed by atoms with Gasteiger partial charge in [-0.3, -0.25) is 0 Å². The molecule has 0 atom stereocenters. The minimum atomic E-state index is 0.379. The molecule has 3 heterocycles. The largest absolute Gasteiger partial charge is 0.342 e. The molecule has 2 N–H and O–H groups in total. The maximum absolute atomic E-state index is 4.67. The number of hydrogen-bond acceptors (Lipinski definition) is 4. The molecule has 3 aromatic heterocycles. The summed E-state index contributed by atoms with van der Waals surface area (Å²) in [6, 6.07) is 15.1. The summed E-state index contributed by atoms with van der Waals surface area (Å²) >= 11 is 0. The van der Waals surface area contributed by atoms with Gasteiger partial charge < -0.3 is 9.97 Å². The number of fused-ring (bicyclic) bond motifs is 6. The lowest BCUT2D eigenvalue weighted by Crippen LogP contribution is -1.89. The summed E-state index contributed by atoms with van der Waals surface area (Å²) in [6.07, 6.45) is 5.37. The summed E-state index contributed by atoms with van der Waals surface area (Å²) in [5.74, 6) is 2.27. The van der Waals surface area contributed by atoms with Crippen LogP contribution in [0.15, 0.2) is 61.2 Å². The second-order valence-electron chi connectivity index (χ2n) is 8.51. The maximum atomic E-state index is 4.67. The third kappa shape index (κ3) is 2.87. The van der Waals surface area contributed by atoms with Crippen LogP contribution in [0.25, 0.3) is 55.1 Å². The van der Waals surface area contributed by atoms with Crippen molar-refractivity contribution in [2.24, 2.45) is 0 Å². The van der Waals surface area contributed by atoms with Crippen LogP contribution >= 0.6 is 0 Å². The second kappa shape index (κ2) is 6.99. The van der Waals surface area contributed by atoms with Crippen molar-refractivity contribution < 1.29 is 0 Å². The molecule has 0 saturated carbocycles. The number of benzene rings is 3. The van der Waals surface area contributed by atoms with Gasteiger partial charge in [0.2, 0.25) is 0 Å². The van der Waals surface area contributed by atoms with E-state index in [-0.39, 0.29) is 0 Å². The molecule has 0 fully saturated rings. The molecular formula is C26H22N6. The van der Waals surface area contributed by atoms with Crippen LogP contribution in [0.1, 0.15) is 31.4 Å². The fourth-order valence-electron chi connectivity index (χ4n) is 4.36. The Morgan fingerprint density at radius 1 is 0.750 bits per heavy atom. The number of H-pyrrole nitrogens is 2. The van der Waals surface area contributed by atoms with Gasteiger partial charge in [0.15, 0.2) is 0 Å². The zero-order valence-electron chi connectivity index (χ0n) is 18.1. The predicted molar refractivity (Wildman–Crippen MR) is 129 cm³/mol. The van der Waals surface area contributed by atoms with Crippen molar-refractivity contribution in [3.63, 3.8) is 0 Å². The minimum absolute atomic E-state index is 0.379. The fourth-order valence-corrected chi connectivity index (χ4v) is 4.36. The average molecular weight is 419 g/mol. The lowest BCUT2D eigenvalue weighted by atomic mass is 9.97. The Kier molecular flexibility index (Phi) is 4.08. The molecule has 0 aliphatic rings. The van der Waals surface area contributed by atoms with Crippen LogP contribution in [0.4, 0.5) is 0 Å². The lowest BCUT2D eigenvalue weighted by molar-refractivity contribution is 0.795. The van der Waals surface area contributed by atoms with Gasteiger partial charge in [0.05, 0.1) is 17.4 Å². The number of nitrogens with one attached hydrogen (secondary N) is 2. The zero-order valence-corrected chi connectivity index (χ0v) is 18.1. The quantitative estimate of drug-likeness (QED) is 0.338. The molecule has 0 saturated heterocycles. The van der Waals surface area contributed by atoms with Gasteiger partial charge in [-0.05, 0) is 35.1 Å². The number of hydrogen-bond donors (Lipinski definition) is 2. The number of aromatic nitrogens is 6. The first-order valence-electron chi connectivity index (χ1n) is 10.8. The van der Waals surface area contributed by atoms with E-state index < -0.39 is 0 Å². The van der Waals surface area contributed by atoms with Gasteiger partial charge in [0, 0.05) is 22.9 Å². The van der Waals surface area contributed by atoms with Gasteiger partial charge in [0.25, 0.3) is 0 Å². The van der Waals surface area contributed by atoms with E-state index in [1.165, 1.54) is 0 Å². The Labute approximate surface area is 184 Å². The molecule has 6 aromatic rings. The van der Waals surface area contributed by atoms with Crippen LogP contribution in [0.5, 0.6) is 0 Å². The molecule has 3 aromatic carbocycles. The molecule has 0 aliphatic heterocycles. The molecule has 6 rings (SSSR count). The van der Waals surface area contributed by atoms with E-state index in [9.17, 15) is 0 Å². The van der Waals surface area contributed by atoms with Crippen molar-refractivity contribution in [2.45, 2.75) is 26.7 Å². The molecule has 0 unspecified atom stereocenters. The van der Waals surface area contributed by atoms with Gasteiger partial charge in [0.1, 0.15) is 29.0 Å². The van der Waals surface area contributed by atoms with Crippen LogP contribution < -0.4 is 0 Å². The minimum Gasteiger partial charge on any atom is -0.342 e. The highest BCUT2D eigenvalue weighted by atomic mass is 14.9. The molecule has 0 bridgehead atoms. The number of aromatic amines is 2. The van der Waals surface area contributed by atoms with E-state index in [1.807, 2.05) is 19.3 Å². The highest BCUT2D eigenvalue weighted by molar-refractivity contribution is 6.22. The van der Waals surface area contributed by atoms with E-state index in [0.717, 1.165) is 66.7 Å². The van der Waals surface area contributed by atoms with Crippen molar-refractivity contribution in [3.05, 3.63) is 72.8 Å². The molecule has 0 aliphatic carbocycles. The van der Waals surface area contributed by atoms with E-state index >= 15 is 0 Å². The van der Waals surface area contributed by atoms with Crippen LogP contribution in [-0.2, 0) is 0 Å². The van der Waals surface area contributed by atoms with E-state index in [1.54, 1.807) is 6.33 Å². The Morgan fingerprint density at radius 3 is 2.31 bits per heavy atom. The zero-order chi connectivity index (χ0) is 21.8. The molecule has 0 radical (unpaired) electrons. The Bertz CT molecular complexity index is 1610. The summed E-state index contributed by atoms with van der Waals surface area (Å²) in [7, 11) is 0. The maximum Gasteiger partial charge on any atom is 0.116 e. The van der Waals surface area contributed by atoms with Crippen molar-refractivity contribution in [3.8, 4) is 22.4 Å². The fraction of sp³-hybridized carbons (Fsp3) is 0.154. The smallest absolute Gasteiger partial charge is 0.116 e. The summed E-state index contributed by atoms with van der Waals surface area (Å²) < 4.78 is 0. The van der Waals surface area contributed by atoms with Crippen molar-refractivity contribution in [2.75, 3.05) is 0 Å². The number of nitrogens with zero attached hydrogens (tertiary/aromatic N) is 4. The van der Waals surface area contributed by atoms with Gasteiger partial charge in [-0.1, -0.05) is 50.2 Å². The van der Waals surface area contributed by atoms with Crippen LogP contribution in [0.2, 0.25) is 0 Å². The first kappa shape index (κ1) is 18.7. The first-order chi connectivity index (χ1) is 15.6. The normalized spacial score (nSPS) is 11.9. The molecule has 6 nitrogen and oxygen atoms in total. The summed E-state index contributed by atoms with van der Waals surface area (Å²) in [5.41, 5.74) is 7.26. The van der Waals surface area contributed by atoms with Crippen LogP contribution in [0.3, 0.4) is 0 Å². The molecular weight excluding hydrogens is 396 g/mol.